The zero-order chi connectivity index (χ0) is 10.6. The van der Waals surface area contributed by atoms with Gasteiger partial charge in [-0.25, -0.2) is 0 Å². The van der Waals surface area contributed by atoms with E-state index in [0.717, 1.165) is 0 Å². The Kier molecular flexibility index (Phi) is 4.43. The predicted octanol–water partition coefficient (Wildman–Crippen LogP) is 3.39. The van der Waals surface area contributed by atoms with Gasteiger partial charge in [0.15, 0.2) is 5.78 Å². The molecule has 0 aromatic carbocycles. The predicted molar refractivity (Wildman–Crippen MR) is 57.7 cm³/mol. The molecule has 0 heterocycles. The summed E-state index contributed by atoms with van der Waals surface area (Å²) in [4.78, 5) is 11.6. The molecule has 0 N–H and O–H groups in total. The van der Waals surface area contributed by atoms with E-state index in [4.69, 9.17) is 11.6 Å². The molecule has 0 amide bonds. The number of hydrogen-bond acceptors (Lipinski definition) is 1. The van der Waals surface area contributed by atoms with Crippen molar-refractivity contribution in [2.75, 3.05) is 0 Å². The van der Waals surface area contributed by atoms with Gasteiger partial charge >= 0.3 is 0 Å². The molecule has 0 aromatic rings. The lowest BCUT2D eigenvalue weighted by atomic mass is 10.00. The average Bonchev–Trinajstić information content (AvgIpc) is 2.03. The van der Waals surface area contributed by atoms with E-state index < -0.39 is 0 Å². The third-order valence-corrected chi connectivity index (χ3v) is 1.82. The van der Waals surface area contributed by atoms with Crippen LogP contribution in [-0.2, 0) is 4.79 Å². The summed E-state index contributed by atoms with van der Waals surface area (Å²) in [5.41, 5.74) is 1.40. The van der Waals surface area contributed by atoms with Crippen molar-refractivity contribution in [3.63, 3.8) is 0 Å². The Morgan fingerprint density at radius 1 is 1.31 bits per heavy atom. The molecular formula is C11H13ClO. The number of Topliss-reactive ketones (excluding diaryl/α,β-unsaturated/α-hetero) is 1. The van der Waals surface area contributed by atoms with Crippen molar-refractivity contribution < 1.29 is 4.79 Å². The van der Waals surface area contributed by atoms with E-state index in [2.05, 4.69) is 19.7 Å². The van der Waals surface area contributed by atoms with Crippen molar-refractivity contribution in [1.82, 2.24) is 0 Å². The maximum atomic E-state index is 11.6. The monoisotopic (exact) mass is 196 g/mol. The number of carbonyl (C=O) groups excluding carboxylic acids is 1. The zero-order valence-electron chi connectivity index (χ0n) is 7.98. The van der Waals surface area contributed by atoms with Gasteiger partial charge in [0.2, 0.25) is 0 Å². The highest BCUT2D eigenvalue weighted by atomic mass is 35.5. The van der Waals surface area contributed by atoms with Gasteiger partial charge in [0.1, 0.15) is 0 Å². The first kappa shape index (κ1) is 11.9. The standard InChI is InChI=1S/C11H13ClO/c1-6-10(9(5)12)11(13)8(4)7(2)3/h6H,2,4-5H2,1,3H3/b10-6+. The highest BCUT2D eigenvalue weighted by Gasteiger charge is 2.14. The van der Waals surface area contributed by atoms with Crippen LogP contribution in [0.4, 0.5) is 0 Å². The first-order valence-electron chi connectivity index (χ1n) is 3.82. The van der Waals surface area contributed by atoms with Gasteiger partial charge in [0.05, 0.1) is 0 Å². The van der Waals surface area contributed by atoms with Gasteiger partial charge < -0.3 is 0 Å². The van der Waals surface area contributed by atoms with Crippen LogP contribution in [0.2, 0.25) is 0 Å². The molecule has 70 valence electrons. The highest BCUT2D eigenvalue weighted by molar-refractivity contribution is 6.36. The quantitative estimate of drug-likeness (QED) is 0.498. The molecule has 0 unspecified atom stereocenters. The number of halogens is 1. The summed E-state index contributed by atoms with van der Waals surface area (Å²) in [7, 11) is 0. The summed E-state index contributed by atoms with van der Waals surface area (Å²) in [5, 5.41) is 0.231. The van der Waals surface area contributed by atoms with E-state index in [0.29, 0.717) is 16.7 Å². The maximum absolute atomic E-state index is 11.6. The molecule has 0 aliphatic rings. The molecule has 0 spiro atoms. The van der Waals surface area contributed by atoms with Gasteiger partial charge in [-0.15, -0.1) is 0 Å². The number of allylic oxidation sites excluding steroid dienone is 5. The molecule has 13 heavy (non-hydrogen) atoms. The Morgan fingerprint density at radius 2 is 1.77 bits per heavy atom. The normalized spacial score (nSPS) is 10.8. The molecule has 0 atom stereocenters. The smallest absolute Gasteiger partial charge is 0.193 e. The lowest BCUT2D eigenvalue weighted by Crippen LogP contribution is -2.05. The van der Waals surface area contributed by atoms with E-state index in [9.17, 15) is 4.79 Å². The number of carbonyl (C=O) groups is 1. The van der Waals surface area contributed by atoms with Crippen LogP contribution in [0.5, 0.6) is 0 Å². The first-order chi connectivity index (χ1) is 5.91. The fourth-order valence-corrected chi connectivity index (χ4v) is 0.962. The molecule has 0 aliphatic carbocycles. The summed E-state index contributed by atoms with van der Waals surface area (Å²) in [6.07, 6.45) is 1.62. The van der Waals surface area contributed by atoms with Crippen LogP contribution < -0.4 is 0 Å². The van der Waals surface area contributed by atoms with Gasteiger partial charge in [0, 0.05) is 16.2 Å². The van der Waals surface area contributed by atoms with E-state index in [-0.39, 0.29) is 10.8 Å². The molecule has 1 nitrogen and oxygen atoms in total. The van der Waals surface area contributed by atoms with Gasteiger partial charge in [-0.1, -0.05) is 37.4 Å². The summed E-state index contributed by atoms with van der Waals surface area (Å²) in [6.45, 7) is 14.2. The van der Waals surface area contributed by atoms with Gasteiger partial charge in [-0.05, 0) is 19.4 Å². The molecule has 0 saturated carbocycles. The Hall–Kier alpha value is -1.08. The van der Waals surface area contributed by atoms with Crippen LogP contribution >= 0.6 is 11.6 Å². The Bertz CT molecular complexity index is 308. The van der Waals surface area contributed by atoms with Crippen molar-refractivity contribution >= 4 is 17.4 Å². The third-order valence-electron chi connectivity index (χ3n) is 1.61. The van der Waals surface area contributed by atoms with Crippen molar-refractivity contribution in [3.05, 3.63) is 47.6 Å². The molecule has 0 saturated heterocycles. The summed E-state index contributed by atoms with van der Waals surface area (Å²) < 4.78 is 0. The molecule has 0 fully saturated rings. The van der Waals surface area contributed by atoms with Crippen LogP contribution in [0.3, 0.4) is 0 Å². The van der Waals surface area contributed by atoms with E-state index in [1.165, 1.54) is 0 Å². The fourth-order valence-electron chi connectivity index (χ4n) is 0.767. The largest absolute Gasteiger partial charge is 0.289 e. The number of rotatable bonds is 4. The lowest BCUT2D eigenvalue weighted by Gasteiger charge is -2.05. The molecule has 0 aromatic heterocycles. The van der Waals surface area contributed by atoms with Crippen LogP contribution in [0.15, 0.2) is 47.6 Å². The van der Waals surface area contributed by atoms with E-state index in [1.54, 1.807) is 19.9 Å². The van der Waals surface area contributed by atoms with E-state index >= 15 is 0 Å². The minimum Gasteiger partial charge on any atom is -0.289 e. The summed E-state index contributed by atoms with van der Waals surface area (Å²) in [6, 6.07) is 0. The SMILES string of the molecule is C=C(C)C(=C)C(=O)/C(=C/C)C(=C)Cl. The Morgan fingerprint density at radius 3 is 2.00 bits per heavy atom. The second-order valence-corrected chi connectivity index (χ2v) is 3.15. The molecule has 0 aliphatic heterocycles. The van der Waals surface area contributed by atoms with Crippen molar-refractivity contribution in [2.45, 2.75) is 13.8 Å². The van der Waals surface area contributed by atoms with Crippen LogP contribution in [0.25, 0.3) is 0 Å². The molecule has 0 rings (SSSR count). The number of ketones is 1. The highest BCUT2D eigenvalue weighted by Crippen LogP contribution is 2.19. The van der Waals surface area contributed by atoms with Crippen molar-refractivity contribution in [3.8, 4) is 0 Å². The first-order valence-corrected chi connectivity index (χ1v) is 4.20. The van der Waals surface area contributed by atoms with Gasteiger partial charge in [0.25, 0.3) is 0 Å². The molecule has 2 heteroatoms. The topological polar surface area (TPSA) is 17.1 Å². The minimum absolute atomic E-state index is 0.213. The average molecular weight is 197 g/mol. The minimum atomic E-state index is -0.213. The summed E-state index contributed by atoms with van der Waals surface area (Å²) in [5.74, 6) is -0.213. The van der Waals surface area contributed by atoms with Crippen molar-refractivity contribution in [2.24, 2.45) is 0 Å². The third kappa shape index (κ3) is 3.03. The summed E-state index contributed by atoms with van der Waals surface area (Å²) >= 11 is 5.63. The molecule has 0 bridgehead atoms. The fraction of sp³-hybridized carbons (Fsp3) is 0.182. The van der Waals surface area contributed by atoms with Crippen LogP contribution in [0, 0.1) is 0 Å². The Labute approximate surface area is 84.1 Å². The number of hydrogen-bond donors (Lipinski definition) is 0. The van der Waals surface area contributed by atoms with Gasteiger partial charge in [-0.2, -0.15) is 0 Å². The second kappa shape index (κ2) is 4.83. The zero-order valence-corrected chi connectivity index (χ0v) is 8.74. The van der Waals surface area contributed by atoms with Gasteiger partial charge in [-0.3, -0.25) is 4.79 Å². The van der Waals surface area contributed by atoms with Crippen LogP contribution in [-0.4, -0.2) is 5.78 Å². The second-order valence-electron chi connectivity index (χ2n) is 2.70. The maximum Gasteiger partial charge on any atom is 0.193 e. The Balaban J connectivity index is 4.90. The molecule has 0 radical (unpaired) electrons. The molecular weight excluding hydrogens is 184 g/mol. The van der Waals surface area contributed by atoms with E-state index in [1.807, 2.05) is 0 Å². The van der Waals surface area contributed by atoms with Crippen molar-refractivity contribution in [1.29, 1.82) is 0 Å². The lowest BCUT2D eigenvalue weighted by molar-refractivity contribution is -0.111. The van der Waals surface area contributed by atoms with Crippen LogP contribution in [0.1, 0.15) is 13.8 Å².